The van der Waals surface area contributed by atoms with Crippen molar-refractivity contribution in [1.29, 1.82) is 0 Å². The zero-order valence-electron chi connectivity index (χ0n) is 12.9. The minimum absolute atomic E-state index is 0.679. The first kappa shape index (κ1) is 14.5. The van der Waals surface area contributed by atoms with Gasteiger partial charge in [-0.05, 0) is 48.6 Å². The van der Waals surface area contributed by atoms with Crippen molar-refractivity contribution in [2.24, 2.45) is 7.05 Å². The van der Waals surface area contributed by atoms with Crippen LogP contribution in [0.4, 0.5) is 5.69 Å². The maximum atomic E-state index is 5.52. The monoisotopic (exact) mass is 310 g/mol. The minimum Gasteiger partial charge on any atom is -0.378 e. The average Bonchev–Trinajstić information content (AvgIpc) is 2.84. The van der Waals surface area contributed by atoms with Crippen LogP contribution in [-0.2, 0) is 7.05 Å². The van der Waals surface area contributed by atoms with Crippen molar-refractivity contribution in [3.05, 3.63) is 59.4 Å². The van der Waals surface area contributed by atoms with Gasteiger partial charge in [0.05, 0.1) is 0 Å². The highest BCUT2D eigenvalue weighted by Crippen LogP contribution is 2.24. The van der Waals surface area contributed by atoms with Gasteiger partial charge < -0.3 is 4.90 Å². The third-order valence-corrected chi connectivity index (χ3v) is 4.03. The Morgan fingerprint density at radius 1 is 0.955 bits per heavy atom. The fourth-order valence-corrected chi connectivity index (χ4v) is 2.60. The molecule has 0 fully saturated rings. The molecule has 22 heavy (non-hydrogen) atoms. The van der Waals surface area contributed by atoms with Crippen molar-refractivity contribution in [1.82, 2.24) is 14.3 Å². The number of anilines is 1. The smallest absolute Gasteiger partial charge is 0.202 e. The van der Waals surface area contributed by atoms with Gasteiger partial charge in [-0.3, -0.25) is 4.57 Å². The van der Waals surface area contributed by atoms with Gasteiger partial charge in [-0.15, -0.1) is 0 Å². The summed E-state index contributed by atoms with van der Waals surface area (Å²) in [6.45, 7) is 0. The summed E-state index contributed by atoms with van der Waals surface area (Å²) in [5.41, 5.74) is 3.22. The molecule has 2 aromatic carbocycles. The molecule has 3 aromatic rings. The Hall–Kier alpha value is -2.40. The van der Waals surface area contributed by atoms with E-state index in [1.807, 2.05) is 56.0 Å². The van der Waals surface area contributed by atoms with Crippen molar-refractivity contribution >= 4 is 17.9 Å². The molecule has 0 unspecified atom stereocenters. The molecule has 0 aliphatic rings. The number of hydrogen-bond acceptors (Lipinski definition) is 3. The van der Waals surface area contributed by atoms with Crippen LogP contribution >= 0.6 is 12.2 Å². The highest BCUT2D eigenvalue weighted by molar-refractivity contribution is 7.71. The lowest BCUT2D eigenvalue weighted by molar-refractivity contribution is 0.750. The van der Waals surface area contributed by atoms with Gasteiger partial charge in [0, 0.05) is 38.1 Å². The summed E-state index contributed by atoms with van der Waals surface area (Å²) in [4.78, 5) is 2.08. The standard InChI is InChI=1S/C17H18N4S/c1-19(2)14-11-9-13(10-12-14)16-18-20(3)17(22)21(16)15-7-5-4-6-8-15/h4-12H,1-3H3. The molecule has 0 saturated heterocycles. The molecule has 0 aliphatic heterocycles. The summed E-state index contributed by atoms with van der Waals surface area (Å²) in [5, 5.41) is 4.59. The average molecular weight is 310 g/mol. The van der Waals surface area contributed by atoms with Crippen LogP contribution in [0.5, 0.6) is 0 Å². The Labute approximate surface area is 135 Å². The Balaban J connectivity index is 2.16. The van der Waals surface area contributed by atoms with E-state index in [-0.39, 0.29) is 0 Å². The first-order chi connectivity index (χ1) is 10.6. The molecule has 0 N–H and O–H groups in total. The molecule has 3 rings (SSSR count). The molecule has 112 valence electrons. The van der Waals surface area contributed by atoms with E-state index in [1.165, 1.54) is 0 Å². The Morgan fingerprint density at radius 3 is 2.18 bits per heavy atom. The molecule has 0 amide bonds. The van der Waals surface area contributed by atoms with Crippen molar-refractivity contribution in [3.8, 4) is 17.1 Å². The predicted molar refractivity (Wildman–Crippen MR) is 93.1 cm³/mol. The van der Waals surface area contributed by atoms with Crippen molar-refractivity contribution < 1.29 is 0 Å². The SMILES string of the molecule is CN(C)c1ccc(-c2nn(C)c(=S)n2-c2ccccc2)cc1. The maximum Gasteiger partial charge on any atom is 0.202 e. The number of nitrogens with zero attached hydrogens (tertiary/aromatic N) is 4. The van der Waals surface area contributed by atoms with Crippen LogP contribution in [0.25, 0.3) is 17.1 Å². The molecule has 0 spiro atoms. The lowest BCUT2D eigenvalue weighted by atomic mass is 10.2. The van der Waals surface area contributed by atoms with Gasteiger partial charge in [-0.2, -0.15) is 5.10 Å². The van der Waals surface area contributed by atoms with Crippen LogP contribution in [0.15, 0.2) is 54.6 Å². The van der Waals surface area contributed by atoms with E-state index in [9.17, 15) is 0 Å². The Bertz CT molecular complexity index is 829. The van der Waals surface area contributed by atoms with E-state index in [4.69, 9.17) is 12.2 Å². The molecule has 1 heterocycles. The summed E-state index contributed by atoms with van der Waals surface area (Å²) in [7, 11) is 5.93. The highest BCUT2D eigenvalue weighted by Gasteiger charge is 2.12. The van der Waals surface area contributed by atoms with Gasteiger partial charge in [0.15, 0.2) is 5.82 Å². The van der Waals surface area contributed by atoms with E-state index in [0.29, 0.717) is 4.77 Å². The second kappa shape index (κ2) is 5.77. The molecule has 1 aromatic heterocycles. The van der Waals surface area contributed by atoms with Gasteiger partial charge in [0.25, 0.3) is 0 Å². The number of aromatic nitrogens is 3. The zero-order chi connectivity index (χ0) is 15.7. The van der Waals surface area contributed by atoms with Gasteiger partial charge in [-0.25, -0.2) is 4.68 Å². The minimum atomic E-state index is 0.679. The van der Waals surface area contributed by atoms with E-state index in [0.717, 1.165) is 22.8 Å². The second-order valence-electron chi connectivity index (χ2n) is 5.34. The molecule has 0 radical (unpaired) electrons. The Kier molecular flexibility index (Phi) is 3.81. The third-order valence-electron chi connectivity index (χ3n) is 3.58. The number of aryl methyl sites for hydroxylation is 1. The lowest BCUT2D eigenvalue weighted by Crippen LogP contribution is -2.08. The van der Waals surface area contributed by atoms with Crippen LogP contribution in [0, 0.1) is 4.77 Å². The molecule has 0 aliphatic carbocycles. The van der Waals surface area contributed by atoms with Gasteiger partial charge in [-0.1, -0.05) is 18.2 Å². The molecule has 0 atom stereocenters. The number of rotatable bonds is 3. The summed E-state index contributed by atoms with van der Waals surface area (Å²) in [6.07, 6.45) is 0. The van der Waals surface area contributed by atoms with E-state index >= 15 is 0 Å². The van der Waals surface area contributed by atoms with Crippen LogP contribution in [0.3, 0.4) is 0 Å². The van der Waals surface area contributed by atoms with Crippen molar-refractivity contribution in [2.45, 2.75) is 0 Å². The first-order valence-electron chi connectivity index (χ1n) is 7.07. The van der Waals surface area contributed by atoms with E-state index in [1.54, 1.807) is 4.68 Å². The molecular weight excluding hydrogens is 292 g/mol. The van der Waals surface area contributed by atoms with Crippen molar-refractivity contribution in [2.75, 3.05) is 19.0 Å². The van der Waals surface area contributed by atoms with Gasteiger partial charge in [0.2, 0.25) is 4.77 Å². The first-order valence-corrected chi connectivity index (χ1v) is 7.48. The number of hydrogen-bond donors (Lipinski definition) is 0. The summed E-state index contributed by atoms with van der Waals surface area (Å²) in [6, 6.07) is 18.4. The van der Waals surface area contributed by atoms with E-state index < -0.39 is 0 Å². The van der Waals surface area contributed by atoms with Crippen LogP contribution in [0.1, 0.15) is 0 Å². The highest BCUT2D eigenvalue weighted by atomic mass is 32.1. The summed E-state index contributed by atoms with van der Waals surface area (Å²) < 4.78 is 4.41. The molecular formula is C17H18N4S. The predicted octanol–water partition coefficient (Wildman–Crippen LogP) is 3.67. The van der Waals surface area contributed by atoms with Crippen LogP contribution in [0.2, 0.25) is 0 Å². The van der Waals surface area contributed by atoms with Gasteiger partial charge in [0.1, 0.15) is 0 Å². The number of benzene rings is 2. The van der Waals surface area contributed by atoms with Crippen molar-refractivity contribution in [3.63, 3.8) is 0 Å². The second-order valence-corrected chi connectivity index (χ2v) is 5.71. The van der Waals surface area contributed by atoms with Gasteiger partial charge >= 0.3 is 0 Å². The zero-order valence-corrected chi connectivity index (χ0v) is 13.7. The van der Waals surface area contributed by atoms with E-state index in [2.05, 4.69) is 34.3 Å². The normalized spacial score (nSPS) is 10.7. The topological polar surface area (TPSA) is 26.0 Å². The largest absolute Gasteiger partial charge is 0.378 e. The summed E-state index contributed by atoms with van der Waals surface area (Å²) in [5.74, 6) is 0.851. The summed E-state index contributed by atoms with van der Waals surface area (Å²) >= 11 is 5.52. The number of para-hydroxylation sites is 1. The molecule has 5 heteroatoms. The fourth-order valence-electron chi connectivity index (χ4n) is 2.37. The molecule has 4 nitrogen and oxygen atoms in total. The molecule has 0 bridgehead atoms. The maximum absolute atomic E-state index is 5.52. The molecule has 0 saturated carbocycles. The Morgan fingerprint density at radius 2 is 1.59 bits per heavy atom. The van der Waals surface area contributed by atoms with Crippen LogP contribution in [-0.4, -0.2) is 28.4 Å². The third kappa shape index (κ3) is 2.55. The van der Waals surface area contributed by atoms with Crippen LogP contribution < -0.4 is 4.90 Å². The quantitative estimate of drug-likeness (QED) is 0.690. The fraction of sp³-hybridized carbons (Fsp3) is 0.176. The lowest BCUT2D eigenvalue weighted by Gasteiger charge is -2.13.